The number of aromatic nitrogens is 3. The number of nitro benzene ring substituents is 1. The van der Waals surface area contributed by atoms with E-state index in [0.717, 1.165) is 10.9 Å². The molecular weight excluding hydrogens is 244 g/mol. The quantitative estimate of drug-likeness (QED) is 0.531. The Balaban J connectivity index is 1.99. The summed E-state index contributed by atoms with van der Waals surface area (Å²) in [6.45, 7) is 0.544. The molecule has 94 valence electrons. The summed E-state index contributed by atoms with van der Waals surface area (Å²) in [6, 6.07) is 8.44. The van der Waals surface area contributed by atoms with Crippen molar-refractivity contribution in [1.82, 2.24) is 14.5 Å². The molecule has 1 aromatic carbocycles. The Kier molecular flexibility index (Phi) is 2.68. The van der Waals surface area contributed by atoms with Gasteiger partial charge in [-0.1, -0.05) is 0 Å². The summed E-state index contributed by atoms with van der Waals surface area (Å²) in [6.07, 6.45) is 5.27. The Morgan fingerprint density at radius 3 is 2.74 bits per heavy atom. The van der Waals surface area contributed by atoms with E-state index in [0.29, 0.717) is 12.4 Å². The number of non-ortho nitro benzene ring substituents is 1. The van der Waals surface area contributed by atoms with Gasteiger partial charge < -0.3 is 4.57 Å². The normalized spacial score (nSPS) is 10.7. The zero-order valence-corrected chi connectivity index (χ0v) is 9.93. The minimum atomic E-state index is -0.392. The average molecular weight is 254 g/mol. The van der Waals surface area contributed by atoms with Gasteiger partial charge in [-0.05, 0) is 18.2 Å². The van der Waals surface area contributed by atoms with Gasteiger partial charge in [0.15, 0.2) is 0 Å². The van der Waals surface area contributed by atoms with Gasteiger partial charge in [-0.3, -0.25) is 10.1 Å². The minimum absolute atomic E-state index is 0.0983. The highest BCUT2D eigenvalue weighted by Crippen LogP contribution is 2.22. The van der Waals surface area contributed by atoms with Crippen LogP contribution in [-0.2, 0) is 6.54 Å². The van der Waals surface area contributed by atoms with Gasteiger partial charge in [0, 0.05) is 41.6 Å². The van der Waals surface area contributed by atoms with Crippen LogP contribution in [0.5, 0.6) is 0 Å². The highest BCUT2D eigenvalue weighted by atomic mass is 16.6. The van der Waals surface area contributed by atoms with Crippen LogP contribution in [0, 0.1) is 10.1 Å². The predicted molar refractivity (Wildman–Crippen MR) is 69.7 cm³/mol. The molecule has 0 atom stereocenters. The van der Waals surface area contributed by atoms with Gasteiger partial charge in [0.25, 0.3) is 5.69 Å². The Morgan fingerprint density at radius 2 is 2.00 bits per heavy atom. The lowest BCUT2D eigenvalue weighted by molar-refractivity contribution is -0.384. The summed E-state index contributed by atoms with van der Waals surface area (Å²) in [7, 11) is 0. The molecule has 6 nitrogen and oxygen atoms in total. The highest BCUT2D eigenvalue weighted by molar-refractivity contribution is 5.82. The van der Waals surface area contributed by atoms with Crippen LogP contribution >= 0.6 is 0 Å². The standard InChI is InChI=1S/C13H10N4O2/c18-17(19)11-2-3-12-10(8-11)4-7-16(12)9-13-14-5-1-6-15-13/h1-8H,9H2. The van der Waals surface area contributed by atoms with E-state index in [1.807, 2.05) is 16.8 Å². The number of fused-ring (bicyclic) bond motifs is 1. The fraction of sp³-hybridized carbons (Fsp3) is 0.0769. The molecule has 0 radical (unpaired) electrons. The van der Waals surface area contributed by atoms with Crippen LogP contribution in [0.1, 0.15) is 5.82 Å². The Bertz CT molecular complexity index is 737. The third-order valence-corrected chi connectivity index (χ3v) is 2.90. The monoisotopic (exact) mass is 254 g/mol. The SMILES string of the molecule is O=[N+]([O-])c1ccc2c(ccn2Cc2ncccn2)c1. The molecule has 0 bridgehead atoms. The molecule has 19 heavy (non-hydrogen) atoms. The van der Waals surface area contributed by atoms with Crippen LogP contribution in [-0.4, -0.2) is 19.5 Å². The second-order valence-corrected chi connectivity index (χ2v) is 4.11. The molecule has 0 aliphatic carbocycles. The first-order valence-corrected chi connectivity index (χ1v) is 5.73. The number of hydrogen-bond acceptors (Lipinski definition) is 4. The van der Waals surface area contributed by atoms with E-state index in [4.69, 9.17) is 0 Å². The van der Waals surface area contributed by atoms with Crippen molar-refractivity contribution in [2.75, 3.05) is 0 Å². The van der Waals surface area contributed by atoms with Crippen LogP contribution in [0.15, 0.2) is 48.9 Å². The van der Waals surface area contributed by atoms with Gasteiger partial charge in [-0.2, -0.15) is 0 Å². The number of nitrogens with zero attached hydrogens (tertiary/aromatic N) is 4. The smallest absolute Gasteiger partial charge is 0.270 e. The molecule has 0 unspecified atom stereocenters. The molecule has 0 spiro atoms. The van der Waals surface area contributed by atoms with Crippen molar-refractivity contribution in [3.8, 4) is 0 Å². The van der Waals surface area contributed by atoms with Crippen LogP contribution in [0.4, 0.5) is 5.69 Å². The van der Waals surface area contributed by atoms with Gasteiger partial charge in [-0.15, -0.1) is 0 Å². The largest absolute Gasteiger partial charge is 0.340 e. The third kappa shape index (κ3) is 2.15. The molecule has 0 N–H and O–H groups in total. The lowest BCUT2D eigenvalue weighted by Crippen LogP contribution is -2.02. The molecule has 0 saturated carbocycles. The van der Waals surface area contributed by atoms with Crippen LogP contribution in [0.2, 0.25) is 0 Å². The third-order valence-electron chi connectivity index (χ3n) is 2.90. The van der Waals surface area contributed by atoms with Gasteiger partial charge in [0.05, 0.1) is 11.5 Å². The van der Waals surface area contributed by atoms with Crippen molar-refractivity contribution in [2.45, 2.75) is 6.54 Å². The summed E-state index contributed by atoms with van der Waals surface area (Å²) < 4.78 is 1.97. The summed E-state index contributed by atoms with van der Waals surface area (Å²) in [5.41, 5.74) is 1.03. The lowest BCUT2D eigenvalue weighted by atomic mass is 10.2. The number of benzene rings is 1. The Morgan fingerprint density at radius 1 is 1.21 bits per heavy atom. The van der Waals surface area contributed by atoms with Crippen molar-refractivity contribution in [3.63, 3.8) is 0 Å². The van der Waals surface area contributed by atoms with Crippen molar-refractivity contribution in [3.05, 3.63) is 64.9 Å². The first-order chi connectivity index (χ1) is 9.24. The van der Waals surface area contributed by atoms with E-state index in [2.05, 4.69) is 9.97 Å². The molecule has 0 aliphatic heterocycles. The summed E-state index contributed by atoms with van der Waals surface area (Å²) in [4.78, 5) is 18.7. The molecule has 0 amide bonds. The average Bonchev–Trinajstić information content (AvgIpc) is 2.82. The predicted octanol–water partition coefficient (Wildman–Crippen LogP) is 2.39. The molecule has 0 fully saturated rings. The van der Waals surface area contributed by atoms with Gasteiger partial charge in [-0.25, -0.2) is 9.97 Å². The van der Waals surface area contributed by atoms with E-state index in [1.54, 1.807) is 30.6 Å². The molecule has 6 heteroatoms. The fourth-order valence-corrected chi connectivity index (χ4v) is 2.00. The Labute approximate surface area is 108 Å². The molecule has 0 aliphatic rings. The number of hydrogen-bond donors (Lipinski definition) is 0. The first-order valence-electron chi connectivity index (χ1n) is 5.73. The second kappa shape index (κ2) is 4.49. The van der Waals surface area contributed by atoms with E-state index in [1.165, 1.54) is 6.07 Å². The highest BCUT2D eigenvalue weighted by Gasteiger charge is 2.09. The van der Waals surface area contributed by atoms with Crippen LogP contribution in [0.3, 0.4) is 0 Å². The zero-order valence-electron chi connectivity index (χ0n) is 9.93. The van der Waals surface area contributed by atoms with E-state index in [9.17, 15) is 10.1 Å². The lowest BCUT2D eigenvalue weighted by Gasteiger charge is -2.03. The van der Waals surface area contributed by atoms with Crippen molar-refractivity contribution in [2.24, 2.45) is 0 Å². The van der Waals surface area contributed by atoms with Crippen molar-refractivity contribution < 1.29 is 4.92 Å². The van der Waals surface area contributed by atoms with Crippen molar-refractivity contribution in [1.29, 1.82) is 0 Å². The maximum Gasteiger partial charge on any atom is 0.270 e. The molecule has 2 heterocycles. The molecule has 0 saturated heterocycles. The molecular formula is C13H10N4O2. The summed E-state index contributed by atoms with van der Waals surface area (Å²) >= 11 is 0. The van der Waals surface area contributed by atoms with Gasteiger partial charge in [0.1, 0.15) is 5.82 Å². The molecule has 3 aromatic rings. The number of rotatable bonds is 3. The fourth-order valence-electron chi connectivity index (χ4n) is 2.00. The minimum Gasteiger partial charge on any atom is -0.340 e. The molecule has 3 rings (SSSR count). The number of nitro groups is 1. The Hall–Kier alpha value is -2.76. The van der Waals surface area contributed by atoms with Crippen LogP contribution in [0.25, 0.3) is 10.9 Å². The van der Waals surface area contributed by atoms with E-state index in [-0.39, 0.29) is 5.69 Å². The maximum absolute atomic E-state index is 10.7. The van der Waals surface area contributed by atoms with Gasteiger partial charge >= 0.3 is 0 Å². The van der Waals surface area contributed by atoms with Crippen molar-refractivity contribution >= 4 is 16.6 Å². The summed E-state index contributed by atoms with van der Waals surface area (Å²) in [5, 5.41) is 11.6. The topological polar surface area (TPSA) is 73.8 Å². The van der Waals surface area contributed by atoms with Crippen LogP contribution < -0.4 is 0 Å². The maximum atomic E-state index is 10.7. The van der Waals surface area contributed by atoms with E-state index < -0.39 is 4.92 Å². The first kappa shape index (κ1) is 11.3. The second-order valence-electron chi connectivity index (χ2n) is 4.11. The van der Waals surface area contributed by atoms with Gasteiger partial charge in [0.2, 0.25) is 0 Å². The summed E-state index contributed by atoms with van der Waals surface area (Å²) in [5.74, 6) is 0.707. The molecule has 2 aromatic heterocycles. The zero-order chi connectivity index (χ0) is 13.2. The van der Waals surface area contributed by atoms with E-state index >= 15 is 0 Å².